The van der Waals surface area contributed by atoms with Crippen molar-refractivity contribution in [2.75, 3.05) is 13.1 Å². The van der Waals surface area contributed by atoms with E-state index in [-0.39, 0.29) is 4.90 Å². The van der Waals surface area contributed by atoms with Gasteiger partial charge in [0, 0.05) is 18.1 Å². The molecular formula is C14H21ClN2O2S. The highest BCUT2D eigenvalue weighted by molar-refractivity contribution is 7.89. The Hall–Kier alpha value is -0.620. The minimum atomic E-state index is -3.45. The van der Waals surface area contributed by atoms with Gasteiger partial charge in [-0.3, -0.25) is 0 Å². The Morgan fingerprint density at radius 3 is 2.65 bits per heavy atom. The predicted octanol–water partition coefficient (Wildman–Crippen LogP) is 2.38. The normalized spacial score (nSPS) is 21.9. The van der Waals surface area contributed by atoms with Crippen LogP contribution in [0.25, 0.3) is 0 Å². The number of hydrogen-bond donors (Lipinski definition) is 2. The monoisotopic (exact) mass is 316 g/mol. The average Bonchev–Trinajstić information content (AvgIpc) is 3.11. The van der Waals surface area contributed by atoms with E-state index >= 15 is 0 Å². The van der Waals surface area contributed by atoms with Crippen molar-refractivity contribution >= 4 is 21.6 Å². The van der Waals surface area contributed by atoms with Crippen molar-refractivity contribution in [1.82, 2.24) is 10.0 Å². The van der Waals surface area contributed by atoms with Crippen LogP contribution in [0.15, 0.2) is 23.1 Å². The fraction of sp³-hybridized carbons (Fsp3) is 0.571. The molecule has 1 aromatic rings. The van der Waals surface area contributed by atoms with Crippen molar-refractivity contribution in [3.8, 4) is 0 Å². The van der Waals surface area contributed by atoms with Gasteiger partial charge < -0.3 is 5.32 Å². The van der Waals surface area contributed by atoms with Crippen molar-refractivity contribution in [2.24, 2.45) is 11.8 Å². The molecule has 2 atom stereocenters. The summed E-state index contributed by atoms with van der Waals surface area (Å²) in [6.07, 6.45) is 1.10. The molecule has 2 N–H and O–H groups in total. The molecule has 6 heteroatoms. The highest BCUT2D eigenvalue weighted by Gasteiger charge is 2.33. The van der Waals surface area contributed by atoms with Gasteiger partial charge in [0.1, 0.15) is 0 Å². The van der Waals surface area contributed by atoms with Gasteiger partial charge in [0.25, 0.3) is 0 Å². The standard InChI is InChI=1S/C14H21ClN2O2S/c1-3-16-8-11-4-5-13(7-14(11)15)20(18,19)17-9-12-6-10(12)2/h4-5,7,10,12,16-17H,3,6,8-9H2,1-2H3. The van der Waals surface area contributed by atoms with Crippen molar-refractivity contribution in [1.29, 1.82) is 0 Å². The van der Waals surface area contributed by atoms with Gasteiger partial charge in [-0.05, 0) is 42.5 Å². The summed E-state index contributed by atoms with van der Waals surface area (Å²) in [6, 6.07) is 4.89. The van der Waals surface area contributed by atoms with Crippen LogP contribution < -0.4 is 10.0 Å². The first-order valence-corrected chi connectivity index (χ1v) is 8.79. The van der Waals surface area contributed by atoms with Gasteiger partial charge in [0.2, 0.25) is 10.0 Å². The first kappa shape index (κ1) is 15.8. The minimum absolute atomic E-state index is 0.232. The summed E-state index contributed by atoms with van der Waals surface area (Å²) in [5.41, 5.74) is 0.906. The third-order valence-corrected chi connectivity index (χ3v) is 5.49. The molecular weight excluding hydrogens is 296 g/mol. The van der Waals surface area contributed by atoms with Gasteiger partial charge in [-0.2, -0.15) is 0 Å². The van der Waals surface area contributed by atoms with Crippen LogP contribution in [0.4, 0.5) is 0 Å². The summed E-state index contributed by atoms with van der Waals surface area (Å²) in [6.45, 7) is 6.14. The molecule has 0 aromatic heterocycles. The molecule has 1 aromatic carbocycles. The van der Waals surface area contributed by atoms with Gasteiger partial charge in [0.15, 0.2) is 0 Å². The molecule has 4 nitrogen and oxygen atoms in total. The molecule has 0 saturated heterocycles. The van der Waals surface area contributed by atoms with E-state index in [1.54, 1.807) is 12.1 Å². The van der Waals surface area contributed by atoms with Crippen LogP contribution in [0, 0.1) is 11.8 Å². The Bertz CT molecular complexity index is 575. The number of nitrogens with one attached hydrogen (secondary N) is 2. The molecule has 0 aliphatic heterocycles. The maximum atomic E-state index is 12.2. The Morgan fingerprint density at radius 2 is 2.10 bits per heavy atom. The number of sulfonamides is 1. The Labute approximate surface area is 126 Å². The summed E-state index contributed by atoms with van der Waals surface area (Å²) >= 11 is 6.14. The highest BCUT2D eigenvalue weighted by atomic mass is 35.5. The Balaban J connectivity index is 2.05. The molecule has 0 spiro atoms. The number of rotatable bonds is 7. The van der Waals surface area contributed by atoms with Crippen molar-refractivity contribution in [2.45, 2.75) is 31.7 Å². The smallest absolute Gasteiger partial charge is 0.240 e. The molecule has 0 radical (unpaired) electrons. The van der Waals surface area contributed by atoms with Crippen LogP contribution in [-0.4, -0.2) is 21.5 Å². The maximum Gasteiger partial charge on any atom is 0.240 e. The molecule has 0 heterocycles. The Kier molecular flexibility index (Phi) is 5.07. The van der Waals surface area contributed by atoms with E-state index in [1.807, 2.05) is 6.92 Å². The van der Waals surface area contributed by atoms with Crippen LogP contribution in [-0.2, 0) is 16.6 Å². The fourth-order valence-corrected chi connectivity index (χ4v) is 3.51. The van der Waals surface area contributed by atoms with Crippen LogP contribution in [0.1, 0.15) is 25.8 Å². The summed E-state index contributed by atoms with van der Waals surface area (Å²) < 4.78 is 27.0. The molecule has 1 fully saturated rings. The van der Waals surface area contributed by atoms with E-state index in [0.29, 0.717) is 29.9 Å². The first-order valence-electron chi connectivity index (χ1n) is 6.93. The lowest BCUT2D eigenvalue weighted by Gasteiger charge is -2.09. The SMILES string of the molecule is CCNCc1ccc(S(=O)(=O)NCC2CC2C)cc1Cl. The molecule has 1 aliphatic rings. The first-order chi connectivity index (χ1) is 9.44. The van der Waals surface area contributed by atoms with Crippen LogP contribution in [0.5, 0.6) is 0 Å². The van der Waals surface area contributed by atoms with E-state index < -0.39 is 10.0 Å². The predicted molar refractivity (Wildman–Crippen MR) is 81.3 cm³/mol. The number of hydrogen-bond acceptors (Lipinski definition) is 3. The zero-order valence-corrected chi connectivity index (χ0v) is 13.4. The fourth-order valence-electron chi connectivity index (χ4n) is 2.08. The lowest BCUT2D eigenvalue weighted by atomic mass is 10.2. The van der Waals surface area contributed by atoms with Crippen molar-refractivity contribution < 1.29 is 8.42 Å². The number of halogens is 1. The molecule has 112 valence electrons. The van der Waals surface area contributed by atoms with Crippen LogP contribution in [0.2, 0.25) is 5.02 Å². The zero-order chi connectivity index (χ0) is 14.8. The van der Waals surface area contributed by atoms with Gasteiger partial charge in [0.05, 0.1) is 4.90 Å². The maximum absolute atomic E-state index is 12.2. The summed E-state index contributed by atoms with van der Waals surface area (Å²) in [5, 5.41) is 3.65. The topological polar surface area (TPSA) is 58.2 Å². The van der Waals surface area contributed by atoms with Crippen molar-refractivity contribution in [3.63, 3.8) is 0 Å². The lowest BCUT2D eigenvalue weighted by molar-refractivity contribution is 0.574. The van der Waals surface area contributed by atoms with Gasteiger partial charge in [-0.1, -0.05) is 31.5 Å². The summed E-state index contributed by atoms with van der Waals surface area (Å²) in [5.74, 6) is 1.11. The number of benzene rings is 1. The molecule has 0 bridgehead atoms. The molecule has 2 rings (SSSR count). The quantitative estimate of drug-likeness (QED) is 0.812. The highest BCUT2D eigenvalue weighted by Crippen LogP contribution is 2.37. The molecule has 1 aliphatic carbocycles. The lowest BCUT2D eigenvalue weighted by Crippen LogP contribution is -2.26. The van der Waals surface area contributed by atoms with E-state index in [1.165, 1.54) is 6.07 Å². The molecule has 2 unspecified atom stereocenters. The minimum Gasteiger partial charge on any atom is -0.313 e. The van der Waals surface area contributed by atoms with Crippen LogP contribution >= 0.6 is 11.6 Å². The second-order valence-corrected chi connectivity index (χ2v) is 7.53. The Morgan fingerprint density at radius 1 is 1.40 bits per heavy atom. The van der Waals surface area contributed by atoms with E-state index in [4.69, 9.17) is 11.6 Å². The van der Waals surface area contributed by atoms with Gasteiger partial charge in [-0.25, -0.2) is 13.1 Å². The average molecular weight is 317 g/mol. The summed E-state index contributed by atoms with van der Waals surface area (Å²) in [4.78, 5) is 0.232. The van der Waals surface area contributed by atoms with Crippen molar-refractivity contribution in [3.05, 3.63) is 28.8 Å². The van der Waals surface area contributed by atoms with Gasteiger partial charge in [-0.15, -0.1) is 0 Å². The second kappa shape index (κ2) is 6.43. The zero-order valence-electron chi connectivity index (χ0n) is 11.8. The second-order valence-electron chi connectivity index (χ2n) is 5.36. The van der Waals surface area contributed by atoms with E-state index in [2.05, 4.69) is 17.0 Å². The van der Waals surface area contributed by atoms with Crippen LogP contribution in [0.3, 0.4) is 0 Å². The summed E-state index contributed by atoms with van der Waals surface area (Å²) in [7, 11) is -3.45. The molecule has 20 heavy (non-hydrogen) atoms. The third-order valence-electron chi connectivity index (χ3n) is 3.71. The van der Waals surface area contributed by atoms with E-state index in [9.17, 15) is 8.42 Å². The molecule has 0 amide bonds. The van der Waals surface area contributed by atoms with E-state index in [0.717, 1.165) is 18.5 Å². The largest absolute Gasteiger partial charge is 0.313 e. The molecule has 1 saturated carbocycles. The van der Waals surface area contributed by atoms with Gasteiger partial charge >= 0.3 is 0 Å². The third kappa shape index (κ3) is 3.95.